The Balaban J connectivity index is 1.60. The molecule has 1 aromatic heterocycles. The van der Waals surface area contributed by atoms with E-state index in [0.29, 0.717) is 17.5 Å². The fraction of sp³-hybridized carbons (Fsp3) is 0.154. The SMILES string of the molecule is CCn1c(=O)/c(=C2\Sc3c(ccc4ccccc34)N2C)s/c1=C1/Cc2ccccc2C1=O. The maximum atomic E-state index is 13.5. The number of carbonyl (C=O) groups excluding carboxylic acids is 1. The molecule has 2 heterocycles. The van der Waals surface area contributed by atoms with Crippen LogP contribution in [-0.4, -0.2) is 17.4 Å². The second kappa shape index (κ2) is 7.22. The number of hydrogen-bond donors (Lipinski definition) is 0. The number of benzene rings is 3. The molecular formula is C26H20N2O2S2. The molecule has 4 nitrogen and oxygen atoms in total. The predicted octanol–water partition coefficient (Wildman–Crippen LogP) is 3.98. The zero-order valence-electron chi connectivity index (χ0n) is 17.7. The van der Waals surface area contributed by atoms with Gasteiger partial charge in [0.1, 0.15) is 14.2 Å². The summed E-state index contributed by atoms with van der Waals surface area (Å²) < 4.78 is 3.25. The first-order valence-electron chi connectivity index (χ1n) is 10.6. The molecule has 0 N–H and O–H groups in total. The predicted molar refractivity (Wildman–Crippen MR) is 133 cm³/mol. The van der Waals surface area contributed by atoms with Gasteiger partial charge in [-0.25, -0.2) is 0 Å². The average Bonchev–Trinajstić information content (AvgIpc) is 3.45. The first kappa shape index (κ1) is 19.6. The van der Waals surface area contributed by atoms with Crippen molar-refractivity contribution in [3.63, 3.8) is 0 Å². The first-order valence-corrected chi connectivity index (χ1v) is 12.2. The highest BCUT2D eigenvalue weighted by atomic mass is 32.2. The van der Waals surface area contributed by atoms with E-state index in [1.807, 2.05) is 44.3 Å². The van der Waals surface area contributed by atoms with Gasteiger partial charge in [0.15, 0.2) is 5.78 Å². The third-order valence-electron chi connectivity index (χ3n) is 6.28. The van der Waals surface area contributed by atoms with Crippen molar-refractivity contribution in [1.29, 1.82) is 0 Å². The minimum absolute atomic E-state index is 0.0183. The lowest BCUT2D eigenvalue weighted by molar-refractivity contribution is 0.105. The Hall–Kier alpha value is -3.09. The van der Waals surface area contributed by atoms with Crippen molar-refractivity contribution in [1.82, 2.24) is 4.57 Å². The van der Waals surface area contributed by atoms with E-state index in [1.54, 1.807) is 16.3 Å². The number of rotatable bonds is 1. The third-order valence-corrected chi connectivity index (χ3v) is 8.94. The number of carbonyl (C=O) groups is 1. The molecule has 6 rings (SSSR count). The molecule has 2 aliphatic rings. The van der Waals surface area contributed by atoms with Gasteiger partial charge in [0.05, 0.1) is 5.69 Å². The number of fused-ring (bicyclic) bond motifs is 4. The Morgan fingerprint density at radius 2 is 1.75 bits per heavy atom. The molecule has 0 radical (unpaired) electrons. The van der Waals surface area contributed by atoms with Gasteiger partial charge in [0.25, 0.3) is 5.56 Å². The molecular weight excluding hydrogens is 436 g/mol. The molecule has 0 bridgehead atoms. The summed E-state index contributed by atoms with van der Waals surface area (Å²) in [4.78, 5) is 29.9. The van der Waals surface area contributed by atoms with Crippen LogP contribution in [0.1, 0.15) is 22.8 Å². The summed E-state index contributed by atoms with van der Waals surface area (Å²) in [6.07, 6.45) is 0.581. The Labute approximate surface area is 193 Å². The molecule has 32 heavy (non-hydrogen) atoms. The van der Waals surface area contributed by atoms with Crippen molar-refractivity contribution in [2.45, 2.75) is 24.8 Å². The molecule has 0 saturated heterocycles. The van der Waals surface area contributed by atoms with E-state index in [-0.39, 0.29) is 11.3 Å². The second-order valence-electron chi connectivity index (χ2n) is 8.03. The van der Waals surface area contributed by atoms with Crippen LogP contribution < -0.4 is 19.7 Å². The fourth-order valence-electron chi connectivity index (χ4n) is 4.64. The number of anilines is 1. The third kappa shape index (κ3) is 2.69. The highest BCUT2D eigenvalue weighted by molar-refractivity contribution is 8.09. The Kier molecular flexibility index (Phi) is 4.42. The van der Waals surface area contributed by atoms with E-state index < -0.39 is 0 Å². The maximum absolute atomic E-state index is 13.5. The van der Waals surface area contributed by atoms with Crippen molar-refractivity contribution in [2.75, 3.05) is 11.9 Å². The quantitative estimate of drug-likeness (QED) is 0.435. The van der Waals surface area contributed by atoms with Crippen molar-refractivity contribution >= 4 is 55.9 Å². The molecule has 0 amide bonds. The van der Waals surface area contributed by atoms with Crippen LogP contribution in [0.2, 0.25) is 0 Å². The highest BCUT2D eigenvalue weighted by Crippen LogP contribution is 2.48. The monoisotopic (exact) mass is 456 g/mol. The number of thiazole rings is 1. The van der Waals surface area contributed by atoms with Crippen LogP contribution in [0.3, 0.4) is 0 Å². The van der Waals surface area contributed by atoms with Crippen LogP contribution >= 0.6 is 23.1 Å². The lowest BCUT2D eigenvalue weighted by atomic mass is 10.1. The number of ketones is 1. The van der Waals surface area contributed by atoms with Crippen LogP contribution in [0.4, 0.5) is 5.69 Å². The van der Waals surface area contributed by atoms with E-state index in [4.69, 9.17) is 0 Å². The van der Waals surface area contributed by atoms with E-state index in [0.717, 1.165) is 32.1 Å². The summed E-state index contributed by atoms with van der Waals surface area (Å²) in [6, 6.07) is 20.3. The summed E-state index contributed by atoms with van der Waals surface area (Å²) in [5, 5.41) is 3.32. The molecule has 158 valence electrons. The number of Topliss-reactive ketones (excluding diaryl/α,β-unsaturated/α-hetero) is 1. The molecule has 1 aliphatic heterocycles. The molecule has 0 fully saturated rings. The van der Waals surface area contributed by atoms with Gasteiger partial charge < -0.3 is 4.90 Å². The number of aromatic nitrogens is 1. The van der Waals surface area contributed by atoms with Crippen LogP contribution in [0.5, 0.6) is 0 Å². The van der Waals surface area contributed by atoms with Gasteiger partial charge in [-0.15, -0.1) is 11.3 Å². The lowest BCUT2D eigenvalue weighted by Crippen LogP contribution is -2.34. The van der Waals surface area contributed by atoms with Crippen LogP contribution in [0.25, 0.3) is 21.4 Å². The number of hydrogen-bond acceptors (Lipinski definition) is 5. The van der Waals surface area contributed by atoms with Gasteiger partial charge in [-0.05, 0) is 29.3 Å². The van der Waals surface area contributed by atoms with Gasteiger partial charge in [-0.3, -0.25) is 14.2 Å². The topological polar surface area (TPSA) is 42.3 Å². The van der Waals surface area contributed by atoms with E-state index in [9.17, 15) is 9.59 Å². The summed E-state index contributed by atoms with van der Waals surface area (Å²) in [6.45, 7) is 2.50. The summed E-state index contributed by atoms with van der Waals surface area (Å²) in [7, 11) is 2.02. The molecule has 3 aromatic carbocycles. The van der Waals surface area contributed by atoms with Crippen molar-refractivity contribution in [3.05, 3.63) is 91.3 Å². The lowest BCUT2D eigenvalue weighted by Gasteiger charge is -2.12. The summed E-state index contributed by atoms with van der Waals surface area (Å²) in [5.41, 5.74) is 3.62. The molecule has 0 unspecified atom stereocenters. The van der Waals surface area contributed by atoms with Gasteiger partial charge >= 0.3 is 0 Å². The van der Waals surface area contributed by atoms with E-state index >= 15 is 0 Å². The molecule has 0 atom stereocenters. The zero-order chi connectivity index (χ0) is 22.0. The van der Waals surface area contributed by atoms with E-state index in [2.05, 4.69) is 35.2 Å². The standard InChI is InChI=1S/C26H20N2O2S2/c1-3-28-24(30)23(32-25(28)19-14-16-9-5-6-10-17(16)21(19)29)26-27(2)20-13-12-15-8-4-7-11-18(15)22(20)31-26/h4-13H,3,14H2,1-2H3/b25-19-,26-23+. The van der Waals surface area contributed by atoms with Crippen LogP contribution in [-0.2, 0) is 13.0 Å². The molecule has 0 saturated carbocycles. The molecule has 0 spiro atoms. The zero-order valence-corrected chi connectivity index (χ0v) is 19.3. The minimum atomic E-state index is -0.0183. The average molecular weight is 457 g/mol. The van der Waals surface area contributed by atoms with E-state index in [1.165, 1.54) is 27.0 Å². The Morgan fingerprint density at radius 3 is 2.56 bits per heavy atom. The minimum Gasteiger partial charge on any atom is -0.337 e. The van der Waals surface area contributed by atoms with Crippen molar-refractivity contribution in [2.24, 2.45) is 0 Å². The van der Waals surface area contributed by atoms with Gasteiger partial charge in [0, 0.05) is 36.0 Å². The van der Waals surface area contributed by atoms with Gasteiger partial charge in [-0.1, -0.05) is 66.4 Å². The largest absolute Gasteiger partial charge is 0.337 e. The smallest absolute Gasteiger partial charge is 0.271 e. The summed E-state index contributed by atoms with van der Waals surface area (Å²) >= 11 is 3.10. The Bertz CT molecular complexity index is 1630. The second-order valence-corrected chi connectivity index (χ2v) is 10.0. The van der Waals surface area contributed by atoms with Crippen molar-refractivity contribution in [3.8, 4) is 0 Å². The molecule has 6 heteroatoms. The molecule has 1 aliphatic carbocycles. The van der Waals surface area contributed by atoms with Gasteiger partial charge in [-0.2, -0.15) is 0 Å². The van der Waals surface area contributed by atoms with Crippen LogP contribution in [0.15, 0.2) is 70.4 Å². The maximum Gasteiger partial charge on any atom is 0.271 e. The van der Waals surface area contributed by atoms with Crippen LogP contribution in [0, 0.1) is 0 Å². The van der Waals surface area contributed by atoms with Gasteiger partial charge in [0.2, 0.25) is 0 Å². The highest BCUT2D eigenvalue weighted by Gasteiger charge is 2.29. The Morgan fingerprint density at radius 1 is 0.969 bits per heavy atom. The number of thioether (sulfide) groups is 1. The fourth-order valence-corrected chi connectivity index (χ4v) is 7.32. The normalized spacial score (nSPS) is 18.4. The first-order chi connectivity index (χ1) is 15.6. The number of nitrogens with zero attached hydrogens (tertiary/aromatic N) is 2. The molecule has 4 aromatic rings. The summed E-state index contributed by atoms with van der Waals surface area (Å²) in [5.74, 6) is 0.0438. The van der Waals surface area contributed by atoms with Crippen molar-refractivity contribution < 1.29 is 4.79 Å².